The Kier molecular flexibility index (Phi) is 7.07. The molecule has 4 aromatic rings. The van der Waals surface area contributed by atoms with Gasteiger partial charge in [-0.1, -0.05) is 66.7 Å². The molecular weight excluding hydrogens is 450 g/mol. The van der Waals surface area contributed by atoms with E-state index in [1.54, 1.807) is 4.90 Å². The van der Waals surface area contributed by atoms with Crippen LogP contribution < -0.4 is 10.6 Å². The minimum absolute atomic E-state index is 0.0181. The van der Waals surface area contributed by atoms with E-state index < -0.39 is 0 Å². The molecule has 36 heavy (non-hydrogen) atoms. The normalized spacial score (nSPS) is 13.8. The molecule has 0 bridgehead atoms. The van der Waals surface area contributed by atoms with E-state index in [1.807, 2.05) is 102 Å². The van der Waals surface area contributed by atoms with Crippen molar-refractivity contribution in [2.24, 2.45) is 5.92 Å². The van der Waals surface area contributed by atoms with E-state index in [-0.39, 0.29) is 17.9 Å². The van der Waals surface area contributed by atoms with Gasteiger partial charge in [-0.15, -0.1) is 0 Å². The van der Waals surface area contributed by atoms with Crippen LogP contribution in [0.15, 0.2) is 97.2 Å². The summed E-state index contributed by atoms with van der Waals surface area (Å²) in [6.07, 6.45) is 3.26. The van der Waals surface area contributed by atoms with Gasteiger partial charge >= 0.3 is 6.03 Å². The van der Waals surface area contributed by atoms with E-state index in [1.165, 1.54) is 0 Å². The molecule has 0 radical (unpaired) electrons. The predicted molar refractivity (Wildman–Crippen MR) is 141 cm³/mol. The van der Waals surface area contributed by atoms with Gasteiger partial charge in [0, 0.05) is 48.6 Å². The van der Waals surface area contributed by atoms with Crippen LogP contribution in [0.1, 0.15) is 18.4 Å². The summed E-state index contributed by atoms with van der Waals surface area (Å²) in [5.41, 5.74) is 4.56. The summed E-state index contributed by atoms with van der Waals surface area (Å²) < 4.78 is 1.85. The van der Waals surface area contributed by atoms with Crippen LogP contribution in [0.4, 0.5) is 10.5 Å². The van der Waals surface area contributed by atoms with Crippen LogP contribution in [0.25, 0.3) is 16.9 Å². The zero-order valence-electron chi connectivity index (χ0n) is 20.0. The quantitative estimate of drug-likeness (QED) is 0.404. The van der Waals surface area contributed by atoms with Crippen LogP contribution in [0.2, 0.25) is 0 Å². The number of nitrogens with zero attached hydrogens (tertiary/aromatic N) is 3. The first-order chi connectivity index (χ1) is 17.7. The first kappa shape index (κ1) is 23.4. The highest BCUT2D eigenvalue weighted by molar-refractivity contribution is 5.89. The highest BCUT2D eigenvalue weighted by Crippen LogP contribution is 2.24. The van der Waals surface area contributed by atoms with Crippen molar-refractivity contribution in [3.8, 4) is 16.9 Å². The second kappa shape index (κ2) is 10.9. The number of hydrogen-bond donors (Lipinski definition) is 2. The van der Waals surface area contributed by atoms with Gasteiger partial charge in [-0.2, -0.15) is 5.10 Å². The van der Waals surface area contributed by atoms with E-state index in [2.05, 4.69) is 10.6 Å². The van der Waals surface area contributed by atoms with Gasteiger partial charge in [0.2, 0.25) is 5.91 Å². The molecule has 3 amide bonds. The lowest BCUT2D eigenvalue weighted by Crippen LogP contribution is -2.44. The number of urea groups is 1. The first-order valence-corrected chi connectivity index (χ1v) is 12.3. The number of amides is 3. The fraction of sp³-hybridized carbons (Fsp3) is 0.207. The van der Waals surface area contributed by atoms with E-state index in [4.69, 9.17) is 5.10 Å². The third-order valence-corrected chi connectivity index (χ3v) is 6.49. The summed E-state index contributed by atoms with van der Waals surface area (Å²) in [7, 11) is 0. The molecule has 7 heteroatoms. The summed E-state index contributed by atoms with van der Waals surface area (Å²) in [5, 5.41) is 10.9. The van der Waals surface area contributed by atoms with Crippen LogP contribution in [0.3, 0.4) is 0 Å². The Hall–Kier alpha value is -4.39. The van der Waals surface area contributed by atoms with Crippen LogP contribution in [-0.4, -0.2) is 39.7 Å². The highest BCUT2D eigenvalue weighted by atomic mass is 16.2. The zero-order valence-corrected chi connectivity index (χ0v) is 20.0. The summed E-state index contributed by atoms with van der Waals surface area (Å²) in [4.78, 5) is 27.3. The molecule has 2 N–H and O–H groups in total. The Morgan fingerprint density at radius 3 is 2.11 bits per heavy atom. The Labute approximate surface area is 210 Å². The molecule has 0 atom stereocenters. The zero-order chi connectivity index (χ0) is 24.7. The molecule has 3 aromatic carbocycles. The Balaban J connectivity index is 1.21. The van der Waals surface area contributed by atoms with Crippen molar-refractivity contribution in [3.05, 3.63) is 103 Å². The van der Waals surface area contributed by atoms with Crippen molar-refractivity contribution in [3.63, 3.8) is 0 Å². The number of anilines is 1. The van der Waals surface area contributed by atoms with Gasteiger partial charge in [-0.05, 0) is 37.1 Å². The molecule has 1 aromatic heterocycles. The molecule has 0 unspecified atom stereocenters. The van der Waals surface area contributed by atoms with Crippen molar-refractivity contribution in [2.75, 3.05) is 18.4 Å². The third-order valence-electron chi connectivity index (χ3n) is 6.49. The van der Waals surface area contributed by atoms with Crippen molar-refractivity contribution in [1.29, 1.82) is 0 Å². The molecule has 1 fully saturated rings. The molecule has 182 valence electrons. The van der Waals surface area contributed by atoms with Crippen molar-refractivity contribution >= 4 is 17.6 Å². The number of carbonyl (C=O) groups excluding carboxylic acids is 2. The minimum atomic E-state index is -0.124. The number of aromatic nitrogens is 2. The molecule has 1 saturated heterocycles. The topological polar surface area (TPSA) is 79.3 Å². The SMILES string of the molecule is O=C(NCc1cn(-c2ccccc2)nc1-c1ccccc1)C1CCN(C(=O)Nc2ccccc2)CC1. The lowest BCUT2D eigenvalue weighted by molar-refractivity contribution is -0.126. The van der Waals surface area contributed by atoms with E-state index in [0.717, 1.165) is 28.2 Å². The predicted octanol–water partition coefficient (Wildman–Crippen LogP) is 5.10. The van der Waals surface area contributed by atoms with E-state index in [0.29, 0.717) is 32.5 Å². The van der Waals surface area contributed by atoms with Crippen LogP contribution >= 0.6 is 0 Å². The molecule has 0 spiro atoms. The highest BCUT2D eigenvalue weighted by Gasteiger charge is 2.27. The lowest BCUT2D eigenvalue weighted by Gasteiger charge is -2.31. The maximum atomic E-state index is 13.0. The molecule has 0 aliphatic carbocycles. The Morgan fingerprint density at radius 2 is 1.44 bits per heavy atom. The number of piperidine rings is 1. The maximum absolute atomic E-state index is 13.0. The largest absolute Gasteiger partial charge is 0.352 e. The van der Waals surface area contributed by atoms with Crippen molar-refractivity contribution < 1.29 is 9.59 Å². The molecule has 2 heterocycles. The number of nitrogens with one attached hydrogen (secondary N) is 2. The van der Waals surface area contributed by atoms with Crippen LogP contribution in [-0.2, 0) is 11.3 Å². The Morgan fingerprint density at radius 1 is 0.833 bits per heavy atom. The molecule has 5 rings (SSSR count). The molecule has 1 aliphatic heterocycles. The van der Waals surface area contributed by atoms with Crippen LogP contribution in [0.5, 0.6) is 0 Å². The second-order valence-electron chi connectivity index (χ2n) is 8.92. The number of carbonyl (C=O) groups is 2. The monoisotopic (exact) mass is 479 g/mol. The Bertz CT molecular complexity index is 1300. The van der Waals surface area contributed by atoms with Gasteiger partial charge in [0.15, 0.2) is 0 Å². The molecule has 7 nitrogen and oxygen atoms in total. The van der Waals surface area contributed by atoms with Crippen molar-refractivity contribution in [2.45, 2.75) is 19.4 Å². The van der Waals surface area contributed by atoms with Gasteiger partial charge in [-0.3, -0.25) is 4.79 Å². The summed E-state index contributed by atoms with van der Waals surface area (Å²) in [5.74, 6) is -0.0975. The number of para-hydroxylation sites is 2. The fourth-order valence-electron chi connectivity index (χ4n) is 4.49. The smallest absolute Gasteiger partial charge is 0.321 e. The standard InChI is InChI=1S/C29H29N5O2/c35-28(23-16-18-33(19-17-23)29(36)31-25-12-6-2-7-13-25)30-20-24-21-34(26-14-8-3-9-15-26)32-27(24)22-10-4-1-5-11-22/h1-15,21,23H,16-20H2,(H,30,35)(H,31,36). The maximum Gasteiger partial charge on any atom is 0.321 e. The first-order valence-electron chi connectivity index (χ1n) is 12.3. The summed E-state index contributed by atoms with van der Waals surface area (Å²) in [6, 6.07) is 29.2. The number of rotatable bonds is 6. The summed E-state index contributed by atoms with van der Waals surface area (Å²) in [6.45, 7) is 1.50. The number of benzene rings is 3. The number of likely N-dealkylation sites (tertiary alicyclic amines) is 1. The fourth-order valence-corrected chi connectivity index (χ4v) is 4.49. The second-order valence-corrected chi connectivity index (χ2v) is 8.92. The molecule has 1 aliphatic rings. The van der Waals surface area contributed by atoms with Crippen molar-refractivity contribution in [1.82, 2.24) is 20.0 Å². The molecular formula is C29H29N5O2. The minimum Gasteiger partial charge on any atom is -0.352 e. The lowest BCUT2D eigenvalue weighted by atomic mass is 9.96. The van der Waals surface area contributed by atoms with E-state index in [9.17, 15) is 9.59 Å². The summed E-state index contributed by atoms with van der Waals surface area (Å²) >= 11 is 0. The van der Waals surface area contributed by atoms with E-state index >= 15 is 0 Å². The average Bonchev–Trinajstić information content (AvgIpc) is 3.38. The van der Waals surface area contributed by atoms with Gasteiger partial charge < -0.3 is 15.5 Å². The van der Waals surface area contributed by atoms with Gasteiger partial charge in [0.05, 0.1) is 11.4 Å². The van der Waals surface area contributed by atoms with Crippen LogP contribution in [0, 0.1) is 5.92 Å². The van der Waals surface area contributed by atoms with Gasteiger partial charge in [-0.25, -0.2) is 9.48 Å². The third kappa shape index (κ3) is 5.46. The average molecular weight is 480 g/mol. The van der Waals surface area contributed by atoms with Gasteiger partial charge in [0.1, 0.15) is 0 Å². The van der Waals surface area contributed by atoms with Gasteiger partial charge in [0.25, 0.3) is 0 Å². The molecule has 0 saturated carbocycles. The number of hydrogen-bond acceptors (Lipinski definition) is 3.